The largest absolute Gasteiger partial charge is 0.507 e. The Bertz CT molecular complexity index is 916. The molecule has 5 rings (SSSR count). The van der Waals surface area contributed by atoms with Crippen molar-refractivity contribution in [1.82, 2.24) is 9.91 Å². The molecule has 0 aromatic heterocycles. The van der Waals surface area contributed by atoms with Gasteiger partial charge in [-0.05, 0) is 32.0 Å². The molecular weight excluding hydrogens is 350 g/mol. The standard InChI is InChI=1S/C23H27N3O2/c1-16(2)25-13-11-23(12-14-25)26-20(18-8-4-6-10-22(18)28-23)15-19(24-26)17-7-3-5-9-21(17)27/h3-10,16,20,27H,11-15H2,1-2H3/t20-/m0/s1. The number of piperidine rings is 1. The van der Waals surface area contributed by atoms with Crippen molar-refractivity contribution < 1.29 is 9.84 Å². The monoisotopic (exact) mass is 377 g/mol. The summed E-state index contributed by atoms with van der Waals surface area (Å²) in [5.74, 6) is 1.27. The maximum absolute atomic E-state index is 10.4. The van der Waals surface area contributed by atoms with Crippen molar-refractivity contribution >= 4 is 5.71 Å². The molecule has 0 saturated carbocycles. The van der Waals surface area contributed by atoms with Crippen LogP contribution in [0.5, 0.6) is 11.5 Å². The third kappa shape index (κ3) is 2.68. The van der Waals surface area contributed by atoms with Crippen molar-refractivity contribution in [3.8, 4) is 11.5 Å². The van der Waals surface area contributed by atoms with Crippen LogP contribution in [0.2, 0.25) is 0 Å². The number of hydrazone groups is 1. The number of benzene rings is 2. The Balaban J connectivity index is 1.55. The Morgan fingerprint density at radius 2 is 1.79 bits per heavy atom. The number of hydrogen-bond donors (Lipinski definition) is 1. The highest BCUT2D eigenvalue weighted by atomic mass is 16.5. The van der Waals surface area contributed by atoms with E-state index in [1.165, 1.54) is 5.56 Å². The first kappa shape index (κ1) is 17.6. The van der Waals surface area contributed by atoms with E-state index < -0.39 is 5.72 Å². The number of likely N-dealkylation sites (tertiary alicyclic amines) is 1. The van der Waals surface area contributed by atoms with Crippen LogP contribution >= 0.6 is 0 Å². The van der Waals surface area contributed by atoms with Gasteiger partial charge in [0.25, 0.3) is 0 Å². The summed E-state index contributed by atoms with van der Waals surface area (Å²) >= 11 is 0. The average molecular weight is 377 g/mol. The van der Waals surface area contributed by atoms with E-state index in [0.717, 1.165) is 49.4 Å². The van der Waals surface area contributed by atoms with Gasteiger partial charge in [-0.15, -0.1) is 0 Å². The summed E-state index contributed by atoms with van der Waals surface area (Å²) in [4.78, 5) is 2.51. The zero-order chi connectivity index (χ0) is 19.3. The van der Waals surface area contributed by atoms with Gasteiger partial charge in [-0.1, -0.05) is 30.3 Å². The molecule has 3 aliphatic heterocycles. The molecule has 28 heavy (non-hydrogen) atoms. The molecule has 5 heteroatoms. The smallest absolute Gasteiger partial charge is 0.200 e. The number of ether oxygens (including phenoxy) is 1. The number of para-hydroxylation sites is 2. The van der Waals surface area contributed by atoms with E-state index in [4.69, 9.17) is 9.84 Å². The number of nitrogens with zero attached hydrogens (tertiary/aromatic N) is 3. The molecule has 2 aromatic carbocycles. The summed E-state index contributed by atoms with van der Waals surface area (Å²) in [6, 6.07) is 16.5. The van der Waals surface area contributed by atoms with Crippen molar-refractivity contribution in [3.63, 3.8) is 0 Å². The lowest BCUT2D eigenvalue weighted by atomic mass is 9.90. The van der Waals surface area contributed by atoms with Gasteiger partial charge in [0.15, 0.2) is 0 Å². The number of hydrogen-bond acceptors (Lipinski definition) is 5. The predicted molar refractivity (Wildman–Crippen MR) is 110 cm³/mol. The topological polar surface area (TPSA) is 48.3 Å². The summed E-state index contributed by atoms with van der Waals surface area (Å²) < 4.78 is 6.65. The molecule has 3 heterocycles. The van der Waals surface area contributed by atoms with Crippen LogP contribution < -0.4 is 4.74 Å². The van der Waals surface area contributed by atoms with Crippen LogP contribution in [-0.2, 0) is 0 Å². The quantitative estimate of drug-likeness (QED) is 0.855. The van der Waals surface area contributed by atoms with Crippen LogP contribution in [0.1, 0.15) is 50.3 Å². The molecule has 0 radical (unpaired) electrons. The van der Waals surface area contributed by atoms with Gasteiger partial charge < -0.3 is 14.7 Å². The molecule has 1 fully saturated rings. The summed E-state index contributed by atoms with van der Waals surface area (Å²) in [5.41, 5.74) is 2.54. The molecule has 1 saturated heterocycles. The Hall–Kier alpha value is -2.53. The highest BCUT2D eigenvalue weighted by Crippen LogP contribution is 2.50. The van der Waals surface area contributed by atoms with E-state index >= 15 is 0 Å². The molecule has 2 aromatic rings. The fraction of sp³-hybridized carbons (Fsp3) is 0.435. The van der Waals surface area contributed by atoms with Gasteiger partial charge in [-0.2, -0.15) is 5.10 Å². The minimum absolute atomic E-state index is 0.158. The highest BCUT2D eigenvalue weighted by molar-refractivity contribution is 6.04. The van der Waals surface area contributed by atoms with Crippen LogP contribution in [0.4, 0.5) is 0 Å². The fourth-order valence-electron chi connectivity index (χ4n) is 4.83. The number of aromatic hydroxyl groups is 1. The van der Waals surface area contributed by atoms with Gasteiger partial charge in [0.2, 0.25) is 5.72 Å². The molecule has 1 atom stereocenters. The van der Waals surface area contributed by atoms with Crippen LogP contribution in [0.3, 0.4) is 0 Å². The van der Waals surface area contributed by atoms with Crippen molar-refractivity contribution in [3.05, 3.63) is 59.7 Å². The van der Waals surface area contributed by atoms with Gasteiger partial charge in [-0.3, -0.25) is 0 Å². The molecule has 0 bridgehead atoms. The number of fused-ring (bicyclic) bond motifs is 4. The molecule has 1 N–H and O–H groups in total. The molecular formula is C23H27N3O2. The van der Waals surface area contributed by atoms with Gasteiger partial charge in [0, 0.05) is 49.5 Å². The average Bonchev–Trinajstić information content (AvgIpc) is 3.15. The van der Waals surface area contributed by atoms with E-state index in [2.05, 4.69) is 42.0 Å². The minimum atomic E-state index is -0.406. The lowest BCUT2D eigenvalue weighted by molar-refractivity contribution is -0.152. The van der Waals surface area contributed by atoms with Crippen LogP contribution in [-0.4, -0.2) is 45.6 Å². The zero-order valence-corrected chi connectivity index (χ0v) is 16.5. The van der Waals surface area contributed by atoms with Gasteiger partial charge in [-0.25, -0.2) is 5.01 Å². The maximum Gasteiger partial charge on any atom is 0.200 e. The minimum Gasteiger partial charge on any atom is -0.507 e. The van der Waals surface area contributed by atoms with Crippen LogP contribution in [0, 0.1) is 0 Å². The third-order valence-electron chi connectivity index (χ3n) is 6.43. The van der Waals surface area contributed by atoms with Crippen LogP contribution in [0.25, 0.3) is 0 Å². The van der Waals surface area contributed by atoms with Crippen molar-refractivity contribution in [2.75, 3.05) is 13.1 Å². The molecule has 0 amide bonds. The molecule has 5 nitrogen and oxygen atoms in total. The fourth-order valence-corrected chi connectivity index (χ4v) is 4.83. The van der Waals surface area contributed by atoms with E-state index in [0.29, 0.717) is 11.8 Å². The first-order chi connectivity index (χ1) is 13.6. The molecule has 146 valence electrons. The first-order valence-electron chi connectivity index (χ1n) is 10.2. The zero-order valence-electron chi connectivity index (χ0n) is 16.5. The van der Waals surface area contributed by atoms with E-state index in [-0.39, 0.29) is 6.04 Å². The van der Waals surface area contributed by atoms with E-state index in [9.17, 15) is 5.11 Å². The lowest BCUT2D eigenvalue weighted by Crippen LogP contribution is -2.59. The molecule has 3 aliphatic rings. The Kier molecular flexibility index (Phi) is 4.09. The van der Waals surface area contributed by atoms with Gasteiger partial charge in [0.05, 0.1) is 11.8 Å². The summed E-state index contributed by atoms with van der Waals surface area (Å²) in [7, 11) is 0. The molecule has 0 aliphatic carbocycles. The first-order valence-corrected chi connectivity index (χ1v) is 10.2. The second-order valence-corrected chi connectivity index (χ2v) is 8.34. The number of phenols is 1. The number of rotatable bonds is 2. The highest BCUT2D eigenvalue weighted by Gasteiger charge is 2.52. The Labute approximate surface area is 166 Å². The lowest BCUT2D eigenvalue weighted by Gasteiger charge is -2.51. The number of phenolic OH excluding ortho intramolecular Hbond substituents is 1. The normalized spacial score (nSPS) is 23.3. The summed E-state index contributed by atoms with van der Waals surface area (Å²) in [6.45, 7) is 6.51. The second kappa shape index (κ2) is 6.52. The van der Waals surface area contributed by atoms with Crippen molar-refractivity contribution in [2.24, 2.45) is 5.10 Å². The Morgan fingerprint density at radius 3 is 2.54 bits per heavy atom. The second-order valence-electron chi connectivity index (χ2n) is 8.34. The summed E-state index contributed by atoms with van der Waals surface area (Å²) in [5, 5.41) is 17.6. The van der Waals surface area contributed by atoms with Crippen LogP contribution in [0.15, 0.2) is 53.6 Å². The van der Waals surface area contributed by atoms with Gasteiger partial charge >= 0.3 is 0 Å². The van der Waals surface area contributed by atoms with E-state index in [1.54, 1.807) is 6.07 Å². The summed E-state index contributed by atoms with van der Waals surface area (Å²) in [6.07, 6.45) is 2.63. The Morgan fingerprint density at radius 1 is 1.07 bits per heavy atom. The maximum atomic E-state index is 10.4. The van der Waals surface area contributed by atoms with Crippen molar-refractivity contribution in [1.29, 1.82) is 0 Å². The van der Waals surface area contributed by atoms with Gasteiger partial charge in [0.1, 0.15) is 11.5 Å². The third-order valence-corrected chi connectivity index (χ3v) is 6.43. The SMILES string of the molecule is CC(C)N1CCC2(CC1)Oc1ccccc1[C@@H]1CC(c3ccccc3O)=NN12. The molecule has 1 spiro atoms. The van der Waals surface area contributed by atoms with Crippen molar-refractivity contribution in [2.45, 2.75) is 50.9 Å². The van der Waals surface area contributed by atoms with E-state index in [1.807, 2.05) is 24.3 Å². The molecule has 0 unspecified atom stereocenters. The predicted octanol–water partition coefficient (Wildman–Crippen LogP) is 4.14.